The molecule has 5 nitrogen and oxygen atoms in total. The predicted octanol–water partition coefficient (Wildman–Crippen LogP) is 2.46. The molecule has 1 atom stereocenters. The van der Waals surface area contributed by atoms with Crippen LogP contribution >= 0.6 is 0 Å². The van der Waals surface area contributed by atoms with Crippen molar-refractivity contribution in [1.82, 2.24) is 10.2 Å². The minimum atomic E-state index is -0.969. The number of carboxylic acids is 1. The van der Waals surface area contributed by atoms with Crippen molar-refractivity contribution < 1.29 is 14.7 Å². The van der Waals surface area contributed by atoms with Gasteiger partial charge in [-0.15, -0.1) is 0 Å². The van der Waals surface area contributed by atoms with E-state index in [0.717, 1.165) is 25.7 Å². The molecule has 0 spiro atoms. The van der Waals surface area contributed by atoms with E-state index in [-0.39, 0.29) is 18.0 Å². The van der Waals surface area contributed by atoms with Crippen LogP contribution in [0.1, 0.15) is 52.9 Å². The Balaban J connectivity index is 2.64. The van der Waals surface area contributed by atoms with E-state index in [1.807, 2.05) is 6.92 Å². The molecule has 0 aliphatic heterocycles. The fraction of sp³-hybridized carbons (Fsp3) is 0.857. The molecule has 1 rings (SSSR count). The Kier molecular flexibility index (Phi) is 6.12. The number of carbonyl (C=O) groups excluding carboxylic acids is 1. The second kappa shape index (κ2) is 7.36. The summed E-state index contributed by atoms with van der Waals surface area (Å²) in [5.41, 5.74) is 0. The number of carbonyl (C=O) groups is 2. The third-order valence-corrected chi connectivity index (χ3v) is 3.83. The summed E-state index contributed by atoms with van der Waals surface area (Å²) in [5.74, 6) is -1.09. The lowest BCUT2D eigenvalue weighted by molar-refractivity contribution is -0.140. The van der Waals surface area contributed by atoms with Gasteiger partial charge in [0.05, 0.1) is 0 Å². The van der Waals surface area contributed by atoms with Crippen LogP contribution in [0.25, 0.3) is 0 Å². The highest BCUT2D eigenvalue weighted by atomic mass is 16.4. The molecule has 1 unspecified atom stereocenters. The Hall–Kier alpha value is -1.26. The standard InChI is InChI=1S/C14H26N2O3/c1-4-16(11-8-6-5-7-9-11)14(19)15-12(10(2)3)13(17)18/h10-12H,4-9H2,1-3H3,(H,15,19)(H,17,18). The molecule has 0 bridgehead atoms. The van der Waals surface area contributed by atoms with E-state index in [2.05, 4.69) is 5.32 Å². The van der Waals surface area contributed by atoms with Crippen LogP contribution in [0.5, 0.6) is 0 Å². The minimum absolute atomic E-state index is 0.119. The summed E-state index contributed by atoms with van der Waals surface area (Å²) in [7, 11) is 0. The summed E-state index contributed by atoms with van der Waals surface area (Å²) in [5, 5.41) is 11.8. The van der Waals surface area contributed by atoms with Crippen molar-refractivity contribution in [3.63, 3.8) is 0 Å². The number of rotatable bonds is 5. The molecule has 110 valence electrons. The van der Waals surface area contributed by atoms with E-state index in [4.69, 9.17) is 5.11 Å². The van der Waals surface area contributed by atoms with Gasteiger partial charge in [0.2, 0.25) is 0 Å². The first kappa shape index (κ1) is 15.8. The van der Waals surface area contributed by atoms with Crippen LogP contribution in [0, 0.1) is 5.92 Å². The van der Waals surface area contributed by atoms with Crippen LogP contribution in [-0.2, 0) is 4.79 Å². The van der Waals surface area contributed by atoms with Gasteiger partial charge in [0.15, 0.2) is 0 Å². The fourth-order valence-electron chi connectivity index (χ4n) is 2.69. The average molecular weight is 270 g/mol. The van der Waals surface area contributed by atoms with Gasteiger partial charge in [0.1, 0.15) is 6.04 Å². The monoisotopic (exact) mass is 270 g/mol. The average Bonchev–Trinajstić information content (AvgIpc) is 2.37. The maximum absolute atomic E-state index is 12.2. The predicted molar refractivity (Wildman–Crippen MR) is 74.0 cm³/mol. The molecule has 2 amide bonds. The Labute approximate surface area is 115 Å². The first-order valence-corrected chi connectivity index (χ1v) is 7.27. The number of aliphatic carboxylic acids is 1. The Morgan fingerprint density at radius 1 is 1.26 bits per heavy atom. The van der Waals surface area contributed by atoms with Gasteiger partial charge in [0, 0.05) is 12.6 Å². The third kappa shape index (κ3) is 4.40. The van der Waals surface area contributed by atoms with Crippen LogP contribution in [0.3, 0.4) is 0 Å². The molecule has 0 aromatic carbocycles. The molecule has 0 aromatic heterocycles. The molecule has 0 saturated heterocycles. The van der Waals surface area contributed by atoms with E-state index in [9.17, 15) is 9.59 Å². The summed E-state index contributed by atoms with van der Waals surface area (Å²) in [6.45, 7) is 6.17. The summed E-state index contributed by atoms with van der Waals surface area (Å²) >= 11 is 0. The second-order valence-electron chi connectivity index (χ2n) is 5.59. The van der Waals surface area contributed by atoms with E-state index >= 15 is 0 Å². The highest BCUT2D eigenvalue weighted by Gasteiger charge is 2.29. The molecule has 0 aromatic rings. The fourth-order valence-corrected chi connectivity index (χ4v) is 2.69. The zero-order valence-electron chi connectivity index (χ0n) is 12.2. The zero-order chi connectivity index (χ0) is 14.4. The van der Waals surface area contributed by atoms with E-state index in [1.165, 1.54) is 6.42 Å². The SMILES string of the molecule is CCN(C(=O)NC(C(=O)O)C(C)C)C1CCCCC1. The van der Waals surface area contributed by atoms with Gasteiger partial charge in [-0.1, -0.05) is 33.1 Å². The summed E-state index contributed by atoms with van der Waals surface area (Å²) in [4.78, 5) is 25.2. The maximum Gasteiger partial charge on any atom is 0.326 e. The van der Waals surface area contributed by atoms with E-state index in [0.29, 0.717) is 6.54 Å². The molecule has 1 fully saturated rings. The normalized spacial score (nSPS) is 18.1. The maximum atomic E-state index is 12.2. The van der Waals surface area contributed by atoms with Crippen molar-refractivity contribution >= 4 is 12.0 Å². The largest absolute Gasteiger partial charge is 0.480 e. The van der Waals surface area contributed by atoms with Gasteiger partial charge in [-0.25, -0.2) is 9.59 Å². The molecule has 1 aliphatic rings. The van der Waals surface area contributed by atoms with Gasteiger partial charge in [0.25, 0.3) is 0 Å². The number of nitrogens with one attached hydrogen (secondary N) is 1. The molecule has 0 radical (unpaired) electrons. The molecule has 2 N–H and O–H groups in total. The molecule has 5 heteroatoms. The number of amides is 2. The topological polar surface area (TPSA) is 69.6 Å². The number of hydrogen-bond donors (Lipinski definition) is 2. The van der Waals surface area contributed by atoms with Crippen molar-refractivity contribution in [2.24, 2.45) is 5.92 Å². The number of nitrogens with zero attached hydrogens (tertiary/aromatic N) is 1. The second-order valence-corrected chi connectivity index (χ2v) is 5.59. The van der Waals surface area contributed by atoms with Gasteiger partial charge >= 0.3 is 12.0 Å². The van der Waals surface area contributed by atoms with Crippen LogP contribution in [-0.4, -0.2) is 40.6 Å². The Morgan fingerprint density at radius 3 is 2.26 bits per heavy atom. The molecule has 1 saturated carbocycles. The van der Waals surface area contributed by atoms with Crippen LogP contribution in [0.4, 0.5) is 4.79 Å². The highest BCUT2D eigenvalue weighted by Crippen LogP contribution is 2.22. The van der Waals surface area contributed by atoms with Crippen molar-refractivity contribution in [2.75, 3.05) is 6.54 Å². The minimum Gasteiger partial charge on any atom is -0.480 e. The Morgan fingerprint density at radius 2 is 1.84 bits per heavy atom. The van der Waals surface area contributed by atoms with Gasteiger partial charge in [-0.3, -0.25) is 0 Å². The Bertz CT molecular complexity index is 312. The van der Waals surface area contributed by atoms with E-state index < -0.39 is 12.0 Å². The number of hydrogen-bond acceptors (Lipinski definition) is 2. The van der Waals surface area contributed by atoms with Gasteiger partial charge in [-0.2, -0.15) is 0 Å². The number of carboxylic acid groups (broad SMARTS) is 1. The molecule has 1 aliphatic carbocycles. The molecule has 0 heterocycles. The van der Waals surface area contributed by atoms with Gasteiger partial charge < -0.3 is 15.3 Å². The first-order chi connectivity index (χ1) is 8.97. The zero-order valence-corrected chi connectivity index (χ0v) is 12.2. The van der Waals surface area contributed by atoms with Crippen molar-refractivity contribution in [1.29, 1.82) is 0 Å². The highest BCUT2D eigenvalue weighted by molar-refractivity contribution is 5.82. The smallest absolute Gasteiger partial charge is 0.326 e. The molecular weight excluding hydrogens is 244 g/mol. The lowest BCUT2D eigenvalue weighted by Crippen LogP contribution is -2.53. The molecular formula is C14H26N2O3. The van der Waals surface area contributed by atoms with Crippen LogP contribution in [0.15, 0.2) is 0 Å². The summed E-state index contributed by atoms with van der Waals surface area (Å²) in [6.07, 6.45) is 5.60. The summed E-state index contributed by atoms with van der Waals surface area (Å²) in [6, 6.07) is -0.791. The third-order valence-electron chi connectivity index (χ3n) is 3.83. The molecule has 19 heavy (non-hydrogen) atoms. The lowest BCUT2D eigenvalue weighted by Gasteiger charge is -2.34. The first-order valence-electron chi connectivity index (χ1n) is 7.27. The van der Waals surface area contributed by atoms with E-state index in [1.54, 1.807) is 18.7 Å². The van der Waals surface area contributed by atoms with Crippen molar-refractivity contribution in [3.8, 4) is 0 Å². The quantitative estimate of drug-likeness (QED) is 0.806. The lowest BCUT2D eigenvalue weighted by atomic mass is 9.94. The van der Waals surface area contributed by atoms with Crippen LogP contribution in [0.2, 0.25) is 0 Å². The van der Waals surface area contributed by atoms with Crippen molar-refractivity contribution in [3.05, 3.63) is 0 Å². The van der Waals surface area contributed by atoms with Gasteiger partial charge in [-0.05, 0) is 25.7 Å². The number of urea groups is 1. The van der Waals surface area contributed by atoms with Crippen molar-refractivity contribution in [2.45, 2.75) is 65.0 Å². The van der Waals surface area contributed by atoms with Crippen LogP contribution < -0.4 is 5.32 Å². The summed E-state index contributed by atoms with van der Waals surface area (Å²) < 4.78 is 0.